The summed E-state index contributed by atoms with van der Waals surface area (Å²) in [6, 6.07) is 6.91. The SMILES string of the molecule is CC1CC(NC(=O)c2cc(C3CC3)nc3ccc(F)cc23)CCN1.Cl.Cl. The first kappa shape index (κ1) is 20.9. The number of benzene rings is 1. The highest BCUT2D eigenvalue weighted by atomic mass is 35.5. The minimum Gasteiger partial charge on any atom is -0.349 e. The lowest BCUT2D eigenvalue weighted by molar-refractivity contribution is 0.0927. The minimum absolute atomic E-state index is 0. The Balaban J connectivity index is 0.00000121. The quantitative estimate of drug-likeness (QED) is 0.820. The lowest BCUT2D eigenvalue weighted by atomic mass is 9.99. The van der Waals surface area contributed by atoms with E-state index in [2.05, 4.69) is 22.5 Å². The fraction of sp³-hybridized carbons (Fsp3) is 0.474. The molecule has 2 aliphatic rings. The summed E-state index contributed by atoms with van der Waals surface area (Å²) in [5.41, 5.74) is 2.20. The normalized spacial score (nSPS) is 22.2. The van der Waals surface area contributed by atoms with E-state index in [0.29, 0.717) is 28.4 Å². The standard InChI is InChI=1S/C19H22FN3O.2ClH/c1-11-8-14(6-7-21-11)22-19(24)16-10-18(12-2-3-12)23-17-5-4-13(20)9-15(16)17;;/h4-5,9-12,14,21H,2-3,6-8H2,1H3,(H,22,24);2*1H. The second-order valence-corrected chi connectivity index (χ2v) is 7.08. The molecule has 1 aromatic heterocycles. The van der Waals surface area contributed by atoms with Gasteiger partial charge in [-0.15, -0.1) is 24.8 Å². The Bertz CT molecular complexity index is 798. The number of nitrogens with zero attached hydrogens (tertiary/aromatic N) is 1. The van der Waals surface area contributed by atoms with Gasteiger partial charge in [0.1, 0.15) is 5.82 Å². The monoisotopic (exact) mass is 399 g/mol. The number of piperidine rings is 1. The molecule has 2 N–H and O–H groups in total. The number of rotatable bonds is 3. The molecule has 26 heavy (non-hydrogen) atoms. The number of hydrogen-bond acceptors (Lipinski definition) is 3. The number of carbonyl (C=O) groups excluding carboxylic acids is 1. The van der Waals surface area contributed by atoms with Crippen LogP contribution in [-0.4, -0.2) is 29.5 Å². The van der Waals surface area contributed by atoms with E-state index in [4.69, 9.17) is 0 Å². The molecule has 1 saturated heterocycles. The van der Waals surface area contributed by atoms with E-state index in [9.17, 15) is 9.18 Å². The maximum absolute atomic E-state index is 13.7. The number of aromatic nitrogens is 1. The zero-order valence-electron chi connectivity index (χ0n) is 14.6. The average Bonchev–Trinajstić information content (AvgIpc) is 3.38. The summed E-state index contributed by atoms with van der Waals surface area (Å²) < 4.78 is 13.7. The van der Waals surface area contributed by atoms with Gasteiger partial charge in [0.15, 0.2) is 0 Å². The number of hydrogen-bond donors (Lipinski definition) is 2. The summed E-state index contributed by atoms with van der Waals surface area (Å²) in [6.07, 6.45) is 4.07. The van der Waals surface area contributed by atoms with Crippen molar-refractivity contribution in [3.05, 3.63) is 41.3 Å². The van der Waals surface area contributed by atoms with E-state index in [-0.39, 0.29) is 42.6 Å². The van der Waals surface area contributed by atoms with Crippen molar-refractivity contribution >= 4 is 41.6 Å². The third kappa shape index (κ3) is 4.45. The summed E-state index contributed by atoms with van der Waals surface area (Å²) in [5, 5.41) is 7.11. The lowest BCUT2D eigenvalue weighted by Gasteiger charge is -2.28. The number of fused-ring (bicyclic) bond motifs is 1. The van der Waals surface area contributed by atoms with Gasteiger partial charge in [-0.3, -0.25) is 9.78 Å². The Morgan fingerprint density at radius 2 is 2.00 bits per heavy atom. The molecule has 1 aliphatic carbocycles. The van der Waals surface area contributed by atoms with Crippen molar-refractivity contribution in [3.63, 3.8) is 0 Å². The van der Waals surface area contributed by atoms with Crippen molar-refractivity contribution in [2.45, 2.75) is 50.6 Å². The third-order valence-corrected chi connectivity index (χ3v) is 4.99. The molecule has 2 fully saturated rings. The van der Waals surface area contributed by atoms with Crippen LogP contribution in [0.25, 0.3) is 10.9 Å². The van der Waals surface area contributed by atoms with Crippen LogP contribution in [0.1, 0.15) is 54.6 Å². The molecule has 7 heteroatoms. The van der Waals surface area contributed by atoms with E-state index >= 15 is 0 Å². The summed E-state index contributed by atoms with van der Waals surface area (Å²) in [4.78, 5) is 17.5. The first-order valence-electron chi connectivity index (χ1n) is 8.74. The van der Waals surface area contributed by atoms with Crippen LogP contribution in [0.3, 0.4) is 0 Å². The van der Waals surface area contributed by atoms with Gasteiger partial charge < -0.3 is 10.6 Å². The highest BCUT2D eigenvalue weighted by Crippen LogP contribution is 2.40. The van der Waals surface area contributed by atoms with Crippen LogP contribution < -0.4 is 10.6 Å². The van der Waals surface area contributed by atoms with Crippen molar-refractivity contribution in [3.8, 4) is 0 Å². The van der Waals surface area contributed by atoms with Gasteiger partial charge in [-0.2, -0.15) is 0 Å². The number of carbonyl (C=O) groups is 1. The van der Waals surface area contributed by atoms with Gasteiger partial charge in [-0.1, -0.05) is 0 Å². The van der Waals surface area contributed by atoms with Crippen molar-refractivity contribution < 1.29 is 9.18 Å². The van der Waals surface area contributed by atoms with Crippen LogP contribution in [0.2, 0.25) is 0 Å². The molecule has 0 bridgehead atoms. The fourth-order valence-electron chi connectivity index (χ4n) is 3.52. The van der Waals surface area contributed by atoms with E-state index in [1.807, 2.05) is 6.07 Å². The van der Waals surface area contributed by atoms with Crippen molar-refractivity contribution in [1.82, 2.24) is 15.6 Å². The predicted molar refractivity (Wildman–Crippen MR) is 106 cm³/mol. The molecule has 1 aromatic carbocycles. The molecule has 0 radical (unpaired) electrons. The second kappa shape index (κ2) is 8.51. The van der Waals surface area contributed by atoms with Crippen molar-refractivity contribution in [1.29, 1.82) is 0 Å². The predicted octanol–water partition coefficient (Wildman–Crippen LogP) is 3.97. The van der Waals surface area contributed by atoms with E-state index < -0.39 is 0 Å². The summed E-state index contributed by atoms with van der Waals surface area (Å²) in [6.45, 7) is 3.03. The number of amides is 1. The largest absolute Gasteiger partial charge is 0.349 e. The van der Waals surface area contributed by atoms with Gasteiger partial charge in [-0.05, 0) is 63.4 Å². The van der Waals surface area contributed by atoms with Crippen LogP contribution in [0.5, 0.6) is 0 Å². The minimum atomic E-state index is -0.340. The average molecular weight is 400 g/mol. The zero-order chi connectivity index (χ0) is 16.7. The van der Waals surface area contributed by atoms with Gasteiger partial charge in [0, 0.05) is 29.1 Å². The van der Waals surface area contributed by atoms with Gasteiger partial charge >= 0.3 is 0 Å². The maximum Gasteiger partial charge on any atom is 0.252 e. The third-order valence-electron chi connectivity index (χ3n) is 4.99. The van der Waals surface area contributed by atoms with Crippen molar-refractivity contribution in [2.75, 3.05) is 6.54 Å². The molecule has 2 unspecified atom stereocenters. The molecule has 1 amide bonds. The number of nitrogens with one attached hydrogen (secondary N) is 2. The second-order valence-electron chi connectivity index (χ2n) is 7.08. The Morgan fingerprint density at radius 1 is 1.23 bits per heavy atom. The van der Waals surface area contributed by atoms with E-state index in [1.54, 1.807) is 6.07 Å². The van der Waals surface area contributed by atoms with Gasteiger partial charge in [0.2, 0.25) is 0 Å². The highest BCUT2D eigenvalue weighted by Gasteiger charge is 2.28. The van der Waals surface area contributed by atoms with Crippen LogP contribution in [0.15, 0.2) is 24.3 Å². The Kier molecular flexibility index (Phi) is 6.83. The van der Waals surface area contributed by atoms with Crippen LogP contribution in [0, 0.1) is 5.82 Å². The molecular weight excluding hydrogens is 376 g/mol. The van der Waals surface area contributed by atoms with E-state index in [0.717, 1.165) is 37.9 Å². The number of halogens is 3. The van der Waals surface area contributed by atoms with Gasteiger partial charge in [0.05, 0.1) is 11.1 Å². The van der Waals surface area contributed by atoms with Crippen LogP contribution in [-0.2, 0) is 0 Å². The smallest absolute Gasteiger partial charge is 0.252 e. The molecule has 1 saturated carbocycles. The molecule has 4 nitrogen and oxygen atoms in total. The van der Waals surface area contributed by atoms with Crippen LogP contribution in [0.4, 0.5) is 4.39 Å². The summed E-state index contributed by atoms with van der Waals surface area (Å²) in [5.74, 6) is -0.00748. The molecule has 4 rings (SSSR count). The molecule has 2 aromatic rings. The fourth-order valence-corrected chi connectivity index (χ4v) is 3.52. The first-order valence-corrected chi connectivity index (χ1v) is 8.74. The topological polar surface area (TPSA) is 54.0 Å². The zero-order valence-corrected chi connectivity index (χ0v) is 16.3. The Morgan fingerprint density at radius 3 is 2.69 bits per heavy atom. The first-order chi connectivity index (χ1) is 11.6. The molecule has 2 atom stereocenters. The molecule has 2 heterocycles. The summed E-state index contributed by atoms with van der Waals surface area (Å²) >= 11 is 0. The van der Waals surface area contributed by atoms with Gasteiger partial charge in [0.25, 0.3) is 5.91 Å². The molecule has 142 valence electrons. The lowest BCUT2D eigenvalue weighted by Crippen LogP contribution is -2.46. The highest BCUT2D eigenvalue weighted by molar-refractivity contribution is 6.06. The Hall–Kier alpha value is -1.43. The van der Waals surface area contributed by atoms with Gasteiger partial charge in [-0.25, -0.2) is 4.39 Å². The number of pyridine rings is 1. The van der Waals surface area contributed by atoms with Crippen molar-refractivity contribution in [2.24, 2.45) is 0 Å². The Labute approximate surface area is 165 Å². The maximum atomic E-state index is 13.7. The molecular formula is C19H24Cl2FN3O. The molecule has 1 aliphatic heterocycles. The van der Waals surface area contributed by atoms with E-state index in [1.165, 1.54) is 12.1 Å². The molecule has 0 spiro atoms. The van der Waals surface area contributed by atoms with Crippen LogP contribution >= 0.6 is 24.8 Å². The summed E-state index contributed by atoms with van der Waals surface area (Å²) in [7, 11) is 0.